The second-order valence-corrected chi connectivity index (χ2v) is 1.18. The Labute approximate surface area is 45.1 Å². The maximum absolute atomic E-state index is 10.3. The lowest BCUT2D eigenvalue weighted by molar-refractivity contribution is -0.114. The van der Waals surface area contributed by atoms with Gasteiger partial charge in [-0.1, -0.05) is 0 Å². The monoisotopic (exact) mass is 107 g/mol. The van der Waals surface area contributed by atoms with Crippen LogP contribution in [0.25, 0.3) is 0 Å². The first-order valence-electron chi connectivity index (χ1n) is 1.90. The third kappa shape index (κ3) is 0.500. The lowest BCUT2D eigenvalue weighted by atomic mass is 10.3. The summed E-state index contributed by atoms with van der Waals surface area (Å²) in [5.41, 5.74) is 0.00463. The van der Waals surface area contributed by atoms with E-state index in [4.69, 9.17) is 5.26 Å². The maximum Gasteiger partial charge on any atom is 0.307 e. The fourth-order valence-corrected chi connectivity index (χ4v) is 0.325. The molecule has 0 aromatic heterocycles. The Morgan fingerprint density at radius 1 is 1.75 bits per heavy atom. The predicted octanol–water partition coefficient (Wildman–Crippen LogP) is 0.386. The number of azo groups is 1. The Bertz CT molecular complexity index is 220. The number of amides is 1. The molecule has 0 fully saturated rings. The van der Waals surface area contributed by atoms with Crippen molar-refractivity contribution in [3.05, 3.63) is 11.8 Å². The molecule has 8 heavy (non-hydrogen) atoms. The van der Waals surface area contributed by atoms with Crippen LogP contribution in [0.4, 0.5) is 0 Å². The molecular formula is C4HN3O. The molecule has 4 heteroatoms. The van der Waals surface area contributed by atoms with E-state index < -0.39 is 5.91 Å². The van der Waals surface area contributed by atoms with E-state index in [0.717, 1.165) is 6.20 Å². The molecule has 1 aliphatic rings. The van der Waals surface area contributed by atoms with Gasteiger partial charge in [0.15, 0.2) is 0 Å². The van der Waals surface area contributed by atoms with Crippen LogP contribution in [0.3, 0.4) is 0 Å². The van der Waals surface area contributed by atoms with E-state index in [0.29, 0.717) is 0 Å². The summed E-state index contributed by atoms with van der Waals surface area (Å²) in [6, 6.07) is 1.64. The highest BCUT2D eigenvalue weighted by atomic mass is 16.2. The first kappa shape index (κ1) is 4.65. The van der Waals surface area contributed by atoms with Crippen molar-refractivity contribution >= 4 is 5.91 Å². The number of nitriles is 1. The zero-order chi connectivity index (χ0) is 5.98. The fourth-order valence-electron chi connectivity index (χ4n) is 0.325. The SMILES string of the molecule is N#CC1=CN=NC1=O. The number of hydrogen-bond donors (Lipinski definition) is 0. The third-order valence-electron chi connectivity index (χ3n) is 0.686. The molecule has 0 aromatic carbocycles. The minimum atomic E-state index is -0.549. The predicted molar refractivity (Wildman–Crippen MR) is 23.6 cm³/mol. The van der Waals surface area contributed by atoms with Gasteiger partial charge in [0.25, 0.3) is 0 Å². The van der Waals surface area contributed by atoms with Crippen LogP contribution in [0.1, 0.15) is 0 Å². The molecule has 0 radical (unpaired) electrons. The molecule has 0 saturated heterocycles. The van der Waals surface area contributed by atoms with Crippen molar-refractivity contribution in [3.63, 3.8) is 0 Å². The van der Waals surface area contributed by atoms with Crippen LogP contribution in [0, 0.1) is 11.3 Å². The Morgan fingerprint density at radius 2 is 2.50 bits per heavy atom. The highest BCUT2D eigenvalue weighted by molar-refractivity contribution is 5.98. The van der Waals surface area contributed by atoms with E-state index in [2.05, 4.69) is 10.2 Å². The minimum absolute atomic E-state index is 0.00463. The van der Waals surface area contributed by atoms with Gasteiger partial charge in [-0.3, -0.25) is 4.79 Å². The van der Waals surface area contributed by atoms with Crippen LogP contribution in [0.15, 0.2) is 22.0 Å². The van der Waals surface area contributed by atoms with Crippen LogP contribution < -0.4 is 0 Å². The first-order chi connectivity index (χ1) is 3.84. The van der Waals surface area contributed by atoms with Crippen molar-refractivity contribution in [2.24, 2.45) is 10.2 Å². The zero-order valence-electron chi connectivity index (χ0n) is 3.83. The highest BCUT2D eigenvalue weighted by Gasteiger charge is 2.10. The topological polar surface area (TPSA) is 65.6 Å². The number of carbonyl (C=O) groups is 1. The number of carbonyl (C=O) groups excluding carboxylic acids is 1. The summed E-state index contributed by atoms with van der Waals surface area (Å²) < 4.78 is 0. The Kier molecular flexibility index (Phi) is 0.897. The Morgan fingerprint density at radius 3 is 2.75 bits per heavy atom. The van der Waals surface area contributed by atoms with Gasteiger partial charge >= 0.3 is 5.91 Å². The molecule has 38 valence electrons. The molecule has 0 unspecified atom stereocenters. The lowest BCUT2D eigenvalue weighted by Gasteiger charge is -1.71. The van der Waals surface area contributed by atoms with E-state index in [-0.39, 0.29) is 5.57 Å². The molecule has 1 aliphatic heterocycles. The van der Waals surface area contributed by atoms with Gasteiger partial charge in [0, 0.05) is 0 Å². The summed E-state index contributed by atoms with van der Waals surface area (Å²) in [7, 11) is 0. The lowest BCUT2D eigenvalue weighted by Crippen LogP contribution is -1.88. The molecule has 0 N–H and O–H groups in total. The van der Waals surface area contributed by atoms with E-state index in [1.54, 1.807) is 6.07 Å². The largest absolute Gasteiger partial charge is 0.307 e. The highest BCUT2D eigenvalue weighted by Crippen LogP contribution is 2.03. The van der Waals surface area contributed by atoms with Gasteiger partial charge in [0.1, 0.15) is 11.6 Å². The second-order valence-electron chi connectivity index (χ2n) is 1.18. The van der Waals surface area contributed by atoms with Crippen LogP contribution >= 0.6 is 0 Å². The summed E-state index contributed by atoms with van der Waals surface area (Å²) in [4.78, 5) is 10.3. The maximum atomic E-state index is 10.3. The van der Waals surface area contributed by atoms with Crippen molar-refractivity contribution in [2.75, 3.05) is 0 Å². The summed E-state index contributed by atoms with van der Waals surface area (Å²) in [6.07, 6.45) is 1.14. The van der Waals surface area contributed by atoms with Gasteiger partial charge in [-0.15, -0.1) is 5.11 Å². The molecule has 0 spiro atoms. The van der Waals surface area contributed by atoms with Crippen LogP contribution in [0.5, 0.6) is 0 Å². The molecule has 0 atom stereocenters. The quantitative estimate of drug-likeness (QED) is 0.449. The fraction of sp³-hybridized carbons (Fsp3) is 0. The van der Waals surface area contributed by atoms with Gasteiger partial charge in [0.2, 0.25) is 0 Å². The minimum Gasteiger partial charge on any atom is -0.264 e. The third-order valence-corrected chi connectivity index (χ3v) is 0.686. The van der Waals surface area contributed by atoms with E-state index in [9.17, 15) is 4.79 Å². The summed E-state index contributed by atoms with van der Waals surface area (Å²) in [5.74, 6) is -0.549. The van der Waals surface area contributed by atoms with Gasteiger partial charge in [0.05, 0.1) is 6.20 Å². The van der Waals surface area contributed by atoms with Gasteiger partial charge < -0.3 is 0 Å². The second kappa shape index (κ2) is 1.54. The van der Waals surface area contributed by atoms with Gasteiger partial charge in [-0.2, -0.15) is 10.4 Å². The molecule has 0 aliphatic carbocycles. The van der Waals surface area contributed by atoms with Crippen molar-refractivity contribution in [1.29, 1.82) is 5.26 Å². The molecule has 0 bridgehead atoms. The molecule has 1 amide bonds. The van der Waals surface area contributed by atoms with Crippen LogP contribution in [-0.2, 0) is 4.79 Å². The molecule has 1 heterocycles. The van der Waals surface area contributed by atoms with Gasteiger partial charge in [-0.25, -0.2) is 0 Å². The molecule has 0 aromatic rings. The Hall–Kier alpha value is -1.50. The zero-order valence-corrected chi connectivity index (χ0v) is 3.83. The molecular weight excluding hydrogens is 106 g/mol. The number of nitrogens with zero attached hydrogens (tertiary/aromatic N) is 3. The molecule has 0 saturated carbocycles. The summed E-state index contributed by atoms with van der Waals surface area (Å²) in [5, 5.41) is 14.3. The summed E-state index contributed by atoms with van der Waals surface area (Å²) >= 11 is 0. The first-order valence-corrected chi connectivity index (χ1v) is 1.90. The average molecular weight is 107 g/mol. The smallest absolute Gasteiger partial charge is 0.264 e. The van der Waals surface area contributed by atoms with Crippen LogP contribution in [-0.4, -0.2) is 5.91 Å². The normalized spacial score (nSPS) is 15.9. The van der Waals surface area contributed by atoms with Crippen LogP contribution in [0.2, 0.25) is 0 Å². The van der Waals surface area contributed by atoms with E-state index in [1.807, 2.05) is 0 Å². The summed E-state index contributed by atoms with van der Waals surface area (Å²) in [6.45, 7) is 0. The Balaban J connectivity index is 2.93. The standard InChI is InChI=1S/C4HN3O/c5-1-3-2-6-7-4(3)8/h2H. The van der Waals surface area contributed by atoms with Crippen molar-refractivity contribution in [1.82, 2.24) is 0 Å². The van der Waals surface area contributed by atoms with Gasteiger partial charge in [-0.05, 0) is 0 Å². The van der Waals surface area contributed by atoms with Crippen molar-refractivity contribution in [3.8, 4) is 6.07 Å². The molecule has 4 nitrogen and oxygen atoms in total. The van der Waals surface area contributed by atoms with Crippen molar-refractivity contribution < 1.29 is 4.79 Å². The molecule has 1 rings (SSSR count). The van der Waals surface area contributed by atoms with Crippen molar-refractivity contribution in [2.45, 2.75) is 0 Å². The average Bonchev–Trinajstić information content (AvgIpc) is 2.14. The number of rotatable bonds is 0. The number of hydrogen-bond acceptors (Lipinski definition) is 3. The van der Waals surface area contributed by atoms with E-state index in [1.165, 1.54) is 0 Å². The van der Waals surface area contributed by atoms with E-state index >= 15 is 0 Å².